The first-order chi connectivity index (χ1) is 7.63. The number of carboxylic acid groups (broad SMARTS) is 1. The van der Waals surface area contributed by atoms with Crippen molar-refractivity contribution >= 4 is 17.6 Å². The number of hydrogen-bond donors (Lipinski definition) is 1. The van der Waals surface area contributed by atoms with Gasteiger partial charge in [0.15, 0.2) is 0 Å². The standard InChI is InChI=1S/C11H11NO4/c1-16-8-4-2-3-7(5-8)12-9(11(14)15)6-10(12)13/h2-5,9H,6H2,1H3,(H,14,15). The fourth-order valence-corrected chi connectivity index (χ4v) is 1.70. The lowest BCUT2D eigenvalue weighted by atomic mass is 10.0. The molecule has 0 saturated carbocycles. The Kier molecular flexibility index (Phi) is 2.52. The number of aliphatic carboxylic acids is 1. The van der Waals surface area contributed by atoms with Crippen LogP contribution in [0.3, 0.4) is 0 Å². The number of carbonyl (C=O) groups excluding carboxylic acids is 1. The van der Waals surface area contributed by atoms with Crippen LogP contribution in [0.15, 0.2) is 24.3 Å². The largest absolute Gasteiger partial charge is 0.497 e. The Labute approximate surface area is 92.2 Å². The van der Waals surface area contributed by atoms with Crippen molar-refractivity contribution < 1.29 is 19.4 Å². The zero-order valence-corrected chi connectivity index (χ0v) is 8.71. The van der Waals surface area contributed by atoms with Crippen LogP contribution in [0.4, 0.5) is 5.69 Å². The van der Waals surface area contributed by atoms with Gasteiger partial charge in [-0.3, -0.25) is 9.69 Å². The van der Waals surface area contributed by atoms with E-state index in [1.165, 1.54) is 12.0 Å². The van der Waals surface area contributed by atoms with Gasteiger partial charge in [-0.1, -0.05) is 6.07 Å². The number of benzene rings is 1. The number of carbonyl (C=O) groups is 2. The minimum absolute atomic E-state index is 0.0620. The fourth-order valence-electron chi connectivity index (χ4n) is 1.70. The predicted octanol–water partition coefficient (Wildman–Crippen LogP) is 0.885. The Morgan fingerprint density at radius 1 is 1.56 bits per heavy atom. The molecule has 1 unspecified atom stereocenters. The molecule has 1 heterocycles. The van der Waals surface area contributed by atoms with E-state index in [9.17, 15) is 9.59 Å². The normalized spacial score (nSPS) is 19.2. The molecule has 0 aromatic heterocycles. The van der Waals surface area contributed by atoms with Crippen LogP contribution in [0.5, 0.6) is 5.75 Å². The van der Waals surface area contributed by atoms with Gasteiger partial charge in [-0.15, -0.1) is 0 Å². The number of β-lactam (4-membered cyclic amide) rings is 1. The average Bonchev–Trinajstić information content (AvgIpc) is 2.25. The molecule has 0 spiro atoms. The molecule has 0 bridgehead atoms. The summed E-state index contributed by atoms with van der Waals surface area (Å²) in [4.78, 5) is 23.5. The maximum atomic E-state index is 11.4. The summed E-state index contributed by atoms with van der Waals surface area (Å²) in [5.74, 6) is -0.565. The monoisotopic (exact) mass is 221 g/mol. The highest BCUT2D eigenvalue weighted by Gasteiger charge is 2.42. The second-order valence-corrected chi connectivity index (χ2v) is 3.52. The number of anilines is 1. The van der Waals surface area contributed by atoms with E-state index in [1.54, 1.807) is 24.3 Å². The maximum absolute atomic E-state index is 11.4. The summed E-state index contributed by atoms with van der Waals surface area (Å²) in [5, 5.41) is 8.88. The minimum atomic E-state index is -0.984. The SMILES string of the molecule is COc1cccc(N2C(=O)CC2C(=O)O)c1. The molecule has 1 aromatic carbocycles. The van der Waals surface area contributed by atoms with Crippen LogP contribution < -0.4 is 9.64 Å². The number of ether oxygens (including phenoxy) is 1. The van der Waals surface area contributed by atoms with Gasteiger partial charge < -0.3 is 9.84 Å². The van der Waals surface area contributed by atoms with Crippen molar-refractivity contribution in [1.29, 1.82) is 0 Å². The summed E-state index contributed by atoms with van der Waals surface area (Å²) in [5.41, 5.74) is 0.558. The third kappa shape index (κ3) is 1.60. The molecule has 5 nitrogen and oxygen atoms in total. The molecule has 16 heavy (non-hydrogen) atoms. The van der Waals surface area contributed by atoms with E-state index in [1.807, 2.05) is 0 Å². The summed E-state index contributed by atoms with van der Waals surface area (Å²) in [7, 11) is 1.52. The van der Waals surface area contributed by atoms with Crippen LogP contribution in [0.2, 0.25) is 0 Å². The van der Waals surface area contributed by atoms with Crippen LogP contribution in [0.1, 0.15) is 6.42 Å². The van der Waals surface area contributed by atoms with Gasteiger partial charge >= 0.3 is 5.97 Å². The highest BCUT2D eigenvalue weighted by atomic mass is 16.5. The van der Waals surface area contributed by atoms with Crippen LogP contribution in [-0.4, -0.2) is 30.1 Å². The summed E-state index contributed by atoms with van der Waals surface area (Å²) < 4.78 is 5.02. The molecule has 1 aliphatic heterocycles. The molecule has 1 atom stereocenters. The molecule has 1 amide bonds. The molecule has 0 radical (unpaired) electrons. The Bertz CT molecular complexity index is 443. The van der Waals surface area contributed by atoms with Crippen LogP contribution in [0, 0.1) is 0 Å². The molecule has 1 saturated heterocycles. The van der Waals surface area contributed by atoms with Gasteiger partial charge in [-0.05, 0) is 12.1 Å². The number of rotatable bonds is 3. The number of nitrogens with zero attached hydrogens (tertiary/aromatic N) is 1. The predicted molar refractivity (Wildman–Crippen MR) is 56.5 cm³/mol. The van der Waals surface area contributed by atoms with Crippen molar-refractivity contribution in [2.24, 2.45) is 0 Å². The molecule has 1 fully saturated rings. The number of methoxy groups -OCH3 is 1. The zero-order valence-electron chi connectivity index (χ0n) is 8.71. The summed E-state index contributed by atoms with van der Waals surface area (Å²) in [6.45, 7) is 0. The van der Waals surface area contributed by atoms with Gasteiger partial charge in [-0.25, -0.2) is 4.79 Å². The molecule has 5 heteroatoms. The fraction of sp³-hybridized carbons (Fsp3) is 0.273. The van der Waals surface area contributed by atoms with E-state index in [2.05, 4.69) is 0 Å². The Balaban J connectivity index is 2.28. The summed E-state index contributed by atoms with van der Waals surface area (Å²) in [6.07, 6.45) is 0.0620. The lowest BCUT2D eigenvalue weighted by molar-refractivity contribution is -0.145. The molecule has 0 aliphatic carbocycles. The van der Waals surface area contributed by atoms with Crippen molar-refractivity contribution in [1.82, 2.24) is 0 Å². The Morgan fingerprint density at radius 2 is 2.31 bits per heavy atom. The number of carboxylic acids is 1. The molecule has 1 aliphatic rings. The number of amides is 1. The van der Waals surface area contributed by atoms with Crippen molar-refractivity contribution in [2.75, 3.05) is 12.0 Å². The van der Waals surface area contributed by atoms with E-state index in [0.29, 0.717) is 11.4 Å². The maximum Gasteiger partial charge on any atom is 0.327 e. The Morgan fingerprint density at radius 3 is 2.88 bits per heavy atom. The van der Waals surface area contributed by atoms with E-state index in [4.69, 9.17) is 9.84 Å². The summed E-state index contributed by atoms with van der Waals surface area (Å²) in [6, 6.07) is 6.05. The first kappa shape index (κ1) is 10.5. The van der Waals surface area contributed by atoms with Gasteiger partial charge in [0.25, 0.3) is 0 Å². The van der Waals surface area contributed by atoms with Gasteiger partial charge in [-0.2, -0.15) is 0 Å². The van der Waals surface area contributed by atoms with Gasteiger partial charge in [0, 0.05) is 11.8 Å². The quantitative estimate of drug-likeness (QED) is 0.769. The highest BCUT2D eigenvalue weighted by Crippen LogP contribution is 2.30. The highest BCUT2D eigenvalue weighted by molar-refractivity contribution is 6.08. The van der Waals surface area contributed by atoms with Crippen molar-refractivity contribution in [2.45, 2.75) is 12.5 Å². The first-order valence-corrected chi connectivity index (χ1v) is 4.82. The van der Waals surface area contributed by atoms with E-state index < -0.39 is 12.0 Å². The third-order valence-electron chi connectivity index (χ3n) is 2.56. The van der Waals surface area contributed by atoms with Gasteiger partial charge in [0.2, 0.25) is 5.91 Å². The molecule has 1 aromatic rings. The van der Waals surface area contributed by atoms with E-state index in [0.717, 1.165) is 0 Å². The molecule has 2 rings (SSSR count). The smallest absolute Gasteiger partial charge is 0.327 e. The van der Waals surface area contributed by atoms with E-state index >= 15 is 0 Å². The molecular formula is C11H11NO4. The Hall–Kier alpha value is -2.04. The lowest BCUT2D eigenvalue weighted by Crippen LogP contribution is -2.57. The second kappa shape index (κ2) is 3.84. The lowest BCUT2D eigenvalue weighted by Gasteiger charge is -2.37. The van der Waals surface area contributed by atoms with Crippen molar-refractivity contribution in [3.63, 3.8) is 0 Å². The van der Waals surface area contributed by atoms with Crippen LogP contribution in [-0.2, 0) is 9.59 Å². The number of hydrogen-bond acceptors (Lipinski definition) is 3. The van der Waals surface area contributed by atoms with Gasteiger partial charge in [0.1, 0.15) is 11.8 Å². The molecule has 84 valence electrons. The van der Waals surface area contributed by atoms with Crippen LogP contribution in [0.25, 0.3) is 0 Å². The minimum Gasteiger partial charge on any atom is -0.497 e. The zero-order chi connectivity index (χ0) is 11.7. The molecular weight excluding hydrogens is 210 g/mol. The third-order valence-corrected chi connectivity index (χ3v) is 2.56. The van der Waals surface area contributed by atoms with Crippen molar-refractivity contribution in [3.05, 3.63) is 24.3 Å². The first-order valence-electron chi connectivity index (χ1n) is 4.82. The topological polar surface area (TPSA) is 66.8 Å². The van der Waals surface area contributed by atoms with Crippen molar-refractivity contribution in [3.8, 4) is 5.75 Å². The van der Waals surface area contributed by atoms with Crippen LogP contribution >= 0.6 is 0 Å². The summed E-state index contributed by atoms with van der Waals surface area (Å²) >= 11 is 0. The average molecular weight is 221 g/mol. The van der Waals surface area contributed by atoms with E-state index in [-0.39, 0.29) is 12.3 Å². The molecule has 1 N–H and O–H groups in total. The second-order valence-electron chi connectivity index (χ2n) is 3.52. The van der Waals surface area contributed by atoms with Gasteiger partial charge in [0.05, 0.1) is 13.5 Å².